The molecule has 0 saturated heterocycles. The number of aromatic nitrogens is 1. The highest BCUT2D eigenvalue weighted by Crippen LogP contribution is 2.27. The van der Waals surface area contributed by atoms with E-state index in [1.165, 1.54) is 18.2 Å². The van der Waals surface area contributed by atoms with Crippen LogP contribution in [0.5, 0.6) is 0 Å². The van der Waals surface area contributed by atoms with E-state index in [9.17, 15) is 13.2 Å². The SMILES string of the molecule is O=C(NCc1cccnc1)c1cccc2cc(NS(=O)(=O)c3cc(Cl)cc(Cl)c3)ccc12. The maximum Gasteiger partial charge on any atom is 0.261 e. The molecule has 0 aliphatic heterocycles. The third-order valence-electron chi connectivity index (χ3n) is 4.70. The second-order valence-electron chi connectivity index (χ2n) is 7.00. The van der Waals surface area contributed by atoms with Gasteiger partial charge in [-0.1, -0.05) is 47.5 Å². The molecule has 9 heteroatoms. The molecule has 1 amide bonds. The number of sulfonamides is 1. The van der Waals surface area contributed by atoms with Crippen LogP contribution in [-0.4, -0.2) is 19.3 Å². The zero-order valence-corrected chi connectivity index (χ0v) is 18.9. The van der Waals surface area contributed by atoms with Crippen molar-refractivity contribution in [2.75, 3.05) is 4.72 Å². The van der Waals surface area contributed by atoms with Gasteiger partial charge >= 0.3 is 0 Å². The number of hydrogen-bond acceptors (Lipinski definition) is 4. The molecule has 4 aromatic rings. The Bertz CT molecular complexity index is 1390. The normalized spacial score (nSPS) is 11.3. The quantitative estimate of drug-likeness (QED) is 0.389. The number of carbonyl (C=O) groups is 1. The molecule has 0 spiro atoms. The van der Waals surface area contributed by atoms with Gasteiger partial charge in [0, 0.05) is 40.2 Å². The number of amides is 1. The molecule has 1 heterocycles. The molecule has 32 heavy (non-hydrogen) atoms. The van der Waals surface area contributed by atoms with Crippen molar-refractivity contribution in [1.82, 2.24) is 10.3 Å². The van der Waals surface area contributed by atoms with Crippen LogP contribution in [0.3, 0.4) is 0 Å². The molecule has 0 saturated carbocycles. The number of anilines is 1. The minimum atomic E-state index is -3.90. The molecule has 0 fully saturated rings. The summed E-state index contributed by atoms with van der Waals surface area (Å²) in [6.07, 6.45) is 3.36. The zero-order valence-electron chi connectivity index (χ0n) is 16.5. The van der Waals surface area contributed by atoms with Crippen LogP contribution in [0.2, 0.25) is 10.0 Å². The predicted molar refractivity (Wildman–Crippen MR) is 127 cm³/mol. The standard InChI is InChI=1S/C23H17Cl2N3O3S/c24-17-10-18(25)12-20(11-17)32(30,31)28-19-6-7-21-16(9-19)4-1-5-22(21)23(29)27-14-15-3-2-8-26-13-15/h1-13,28H,14H2,(H,27,29). The van der Waals surface area contributed by atoms with Gasteiger partial charge in [0.05, 0.1) is 4.90 Å². The van der Waals surface area contributed by atoms with E-state index in [4.69, 9.17) is 23.2 Å². The van der Waals surface area contributed by atoms with Gasteiger partial charge < -0.3 is 5.32 Å². The van der Waals surface area contributed by atoms with Crippen molar-refractivity contribution in [2.45, 2.75) is 11.4 Å². The van der Waals surface area contributed by atoms with E-state index in [1.807, 2.05) is 6.07 Å². The van der Waals surface area contributed by atoms with E-state index in [-0.39, 0.29) is 20.8 Å². The third kappa shape index (κ3) is 5.02. The number of benzene rings is 3. The Balaban J connectivity index is 1.58. The molecular weight excluding hydrogens is 469 g/mol. The highest BCUT2D eigenvalue weighted by molar-refractivity contribution is 7.92. The summed E-state index contributed by atoms with van der Waals surface area (Å²) < 4.78 is 28.0. The molecule has 2 N–H and O–H groups in total. The van der Waals surface area contributed by atoms with E-state index in [2.05, 4.69) is 15.0 Å². The van der Waals surface area contributed by atoms with Crippen LogP contribution in [0.1, 0.15) is 15.9 Å². The number of pyridine rings is 1. The summed E-state index contributed by atoms with van der Waals surface area (Å²) in [6, 6.07) is 18.0. The molecule has 0 bridgehead atoms. The summed E-state index contributed by atoms with van der Waals surface area (Å²) in [6.45, 7) is 0.350. The summed E-state index contributed by atoms with van der Waals surface area (Å²) in [5.41, 5.74) is 1.72. The molecule has 0 atom stereocenters. The molecule has 0 radical (unpaired) electrons. The number of nitrogens with zero attached hydrogens (tertiary/aromatic N) is 1. The number of hydrogen-bond donors (Lipinski definition) is 2. The summed E-state index contributed by atoms with van der Waals surface area (Å²) in [7, 11) is -3.90. The van der Waals surface area contributed by atoms with Gasteiger partial charge in [-0.05, 0) is 58.8 Å². The van der Waals surface area contributed by atoms with Gasteiger partial charge in [-0.2, -0.15) is 0 Å². The average Bonchev–Trinajstić information content (AvgIpc) is 2.76. The lowest BCUT2D eigenvalue weighted by Crippen LogP contribution is -2.23. The van der Waals surface area contributed by atoms with E-state index in [1.54, 1.807) is 54.9 Å². The number of halogens is 2. The first kappa shape index (κ1) is 22.1. The highest BCUT2D eigenvalue weighted by atomic mass is 35.5. The van der Waals surface area contributed by atoms with Crippen LogP contribution < -0.4 is 10.0 Å². The van der Waals surface area contributed by atoms with E-state index in [0.717, 1.165) is 5.56 Å². The second-order valence-corrected chi connectivity index (χ2v) is 9.55. The smallest absolute Gasteiger partial charge is 0.261 e. The van der Waals surface area contributed by atoms with Crippen LogP contribution in [-0.2, 0) is 16.6 Å². The van der Waals surface area contributed by atoms with Crippen molar-refractivity contribution in [2.24, 2.45) is 0 Å². The summed E-state index contributed by atoms with van der Waals surface area (Å²) in [5, 5.41) is 4.73. The minimum absolute atomic E-state index is 0.0429. The monoisotopic (exact) mass is 485 g/mol. The molecule has 0 aliphatic carbocycles. The molecule has 3 aromatic carbocycles. The summed E-state index contributed by atoms with van der Waals surface area (Å²) >= 11 is 11.9. The second kappa shape index (κ2) is 9.16. The first-order valence-corrected chi connectivity index (χ1v) is 11.7. The molecule has 162 valence electrons. The Morgan fingerprint density at radius 2 is 1.72 bits per heavy atom. The fourth-order valence-electron chi connectivity index (χ4n) is 3.22. The molecule has 4 rings (SSSR count). The van der Waals surface area contributed by atoms with Gasteiger partial charge in [0.2, 0.25) is 0 Å². The predicted octanol–water partition coefficient (Wildman–Crippen LogP) is 5.27. The van der Waals surface area contributed by atoms with E-state index >= 15 is 0 Å². The highest BCUT2D eigenvalue weighted by Gasteiger charge is 2.17. The van der Waals surface area contributed by atoms with E-state index in [0.29, 0.717) is 28.6 Å². The van der Waals surface area contributed by atoms with Gasteiger partial charge in [-0.15, -0.1) is 0 Å². The van der Waals surface area contributed by atoms with Gasteiger partial charge in [-0.25, -0.2) is 8.42 Å². The van der Waals surface area contributed by atoms with Crippen molar-refractivity contribution in [1.29, 1.82) is 0 Å². The Morgan fingerprint density at radius 3 is 2.44 bits per heavy atom. The third-order valence-corrected chi connectivity index (χ3v) is 6.50. The lowest BCUT2D eigenvalue weighted by Gasteiger charge is -2.12. The first-order chi connectivity index (χ1) is 15.3. The van der Waals surface area contributed by atoms with Crippen molar-refractivity contribution < 1.29 is 13.2 Å². The molecular formula is C23H17Cl2N3O3S. The largest absolute Gasteiger partial charge is 0.348 e. The van der Waals surface area contributed by atoms with Crippen LogP contribution in [0.15, 0.2) is 84.0 Å². The zero-order chi connectivity index (χ0) is 22.7. The van der Waals surface area contributed by atoms with Crippen molar-refractivity contribution in [3.8, 4) is 0 Å². The van der Waals surface area contributed by atoms with Gasteiger partial charge in [0.1, 0.15) is 0 Å². The number of fused-ring (bicyclic) bond motifs is 1. The van der Waals surface area contributed by atoms with Crippen LogP contribution >= 0.6 is 23.2 Å². The number of carbonyl (C=O) groups excluding carboxylic acids is 1. The Hall–Kier alpha value is -3.13. The molecule has 6 nitrogen and oxygen atoms in total. The minimum Gasteiger partial charge on any atom is -0.348 e. The summed E-state index contributed by atoms with van der Waals surface area (Å²) in [4.78, 5) is 16.7. The lowest BCUT2D eigenvalue weighted by atomic mass is 10.0. The Morgan fingerprint density at radius 1 is 0.938 bits per heavy atom. The van der Waals surface area contributed by atoms with Gasteiger partial charge in [0.25, 0.3) is 15.9 Å². The lowest BCUT2D eigenvalue weighted by molar-refractivity contribution is 0.0952. The maximum absolute atomic E-state index is 12.7. The van der Waals surface area contributed by atoms with Crippen molar-refractivity contribution >= 4 is 55.6 Å². The van der Waals surface area contributed by atoms with E-state index < -0.39 is 10.0 Å². The number of nitrogens with one attached hydrogen (secondary N) is 2. The Kier molecular flexibility index (Phi) is 6.32. The maximum atomic E-state index is 12.7. The Labute approximate surface area is 195 Å². The molecule has 0 aliphatic rings. The van der Waals surface area contributed by atoms with Gasteiger partial charge in [0.15, 0.2) is 0 Å². The average molecular weight is 486 g/mol. The summed E-state index contributed by atoms with van der Waals surface area (Å²) in [5.74, 6) is -0.235. The van der Waals surface area contributed by atoms with Crippen LogP contribution in [0, 0.1) is 0 Å². The molecule has 0 unspecified atom stereocenters. The first-order valence-electron chi connectivity index (χ1n) is 9.51. The fourth-order valence-corrected chi connectivity index (χ4v) is 5.00. The molecule has 1 aromatic heterocycles. The van der Waals surface area contributed by atoms with Crippen LogP contribution in [0.4, 0.5) is 5.69 Å². The number of rotatable bonds is 6. The van der Waals surface area contributed by atoms with Crippen LogP contribution in [0.25, 0.3) is 10.8 Å². The van der Waals surface area contributed by atoms with Gasteiger partial charge in [-0.3, -0.25) is 14.5 Å². The van der Waals surface area contributed by atoms with Crippen molar-refractivity contribution in [3.63, 3.8) is 0 Å². The van der Waals surface area contributed by atoms with Crippen molar-refractivity contribution in [3.05, 3.63) is 100 Å². The fraction of sp³-hybridized carbons (Fsp3) is 0.0435. The topological polar surface area (TPSA) is 88.2 Å².